The molecule has 0 fully saturated rings. The molecule has 19 heavy (non-hydrogen) atoms. The van der Waals surface area contributed by atoms with Gasteiger partial charge in [-0.3, -0.25) is 0 Å². The number of hydrogen-bond acceptors (Lipinski definition) is 2. The van der Waals surface area contributed by atoms with Crippen LogP contribution in [-0.4, -0.2) is 6.10 Å². The van der Waals surface area contributed by atoms with Crippen LogP contribution < -0.4 is 10.5 Å². The average Bonchev–Trinajstić information content (AvgIpc) is 2.46. The lowest BCUT2D eigenvalue weighted by atomic mass is 9.94. The minimum absolute atomic E-state index is 0.103. The van der Waals surface area contributed by atoms with E-state index in [4.69, 9.17) is 10.5 Å². The lowest BCUT2D eigenvalue weighted by Crippen LogP contribution is -2.29. The van der Waals surface area contributed by atoms with Gasteiger partial charge < -0.3 is 10.5 Å². The molecule has 1 aliphatic rings. The van der Waals surface area contributed by atoms with Crippen molar-refractivity contribution in [1.29, 1.82) is 0 Å². The van der Waals surface area contributed by atoms with Crippen LogP contribution in [-0.2, 0) is 6.42 Å². The first-order valence-electron chi connectivity index (χ1n) is 6.88. The van der Waals surface area contributed by atoms with Crippen LogP contribution in [0, 0.1) is 0 Å². The summed E-state index contributed by atoms with van der Waals surface area (Å²) in [7, 11) is 0. The monoisotopic (exact) mass is 253 g/mol. The van der Waals surface area contributed by atoms with E-state index in [1.54, 1.807) is 0 Å². The highest BCUT2D eigenvalue weighted by Crippen LogP contribution is 2.34. The van der Waals surface area contributed by atoms with Crippen LogP contribution in [0.3, 0.4) is 0 Å². The second kappa shape index (κ2) is 5.45. The molecule has 0 aromatic heterocycles. The van der Waals surface area contributed by atoms with Crippen LogP contribution >= 0.6 is 0 Å². The van der Waals surface area contributed by atoms with Crippen molar-refractivity contribution >= 4 is 0 Å². The Labute approximate surface area is 114 Å². The number of ether oxygens (including phenoxy) is 1. The Hall–Kier alpha value is -1.80. The lowest BCUT2D eigenvalue weighted by Gasteiger charge is -2.30. The standard InChI is InChI=1S/C17H19NO/c18-16-12-14(11-10-13-6-2-1-3-7-13)19-17-9-5-4-8-15(16)17/h1-9,14,16H,10-12,18H2/t14?,16-/m1/s1. The van der Waals surface area contributed by atoms with E-state index < -0.39 is 0 Å². The molecule has 0 saturated carbocycles. The summed E-state index contributed by atoms with van der Waals surface area (Å²) in [6, 6.07) is 18.7. The molecule has 0 radical (unpaired) electrons. The quantitative estimate of drug-likeness (QED) is 0.909. The second-order valence-electron chi connectivity index (χ2n) is 5.14. The Kier molecular flexibility index (Phi) is 3.51. The highest BCUT2D eigenvalue weighted by atomic mass is 16.5. The maximum Gasteiger partial charge on any atom is 0.124 e. The van der Waals surface area contributed by atoms with Crippen molar-refractivity contribution in [2.45, 2.75) is 31.4 Å². The van der Waals surface area contributed by atoms with Gasteiger partial charge in [0.15, 0.2) is 0 Å². The number of nitrogens with two attached hydrogens (primary N) is 1. The maximum atomic E-state index is 6.23. The molecule has 0 aliphatic carbocycles. The van der Waals surface area contributed by atoms with E-state index in [0.717, 1.165) is 30.6 Å². The Morgan fingerprint density at radius 3 is 2.58 bits per heavy atom. The number of aryl methyl sites for hydroxylation is 1. The third kappa shape index (κ3) is 2.79. The van der Waals surface area contributed by atoms with Crippen LogP contribution in [0.15, 0.2) is 54.6 Å². The average molecular weight is 253 g/mol. The SMILES string of the molecule is N[C@@H]1CC(CCc2ccccc2)Oc2ccccc21. The Balaban J connectivity index is 1.65. The molecule has 2 aromatic rings. The summed E-state index contributed by atoms with van der Waals surface area (Å²) in [5.41, 5.74) is 8.72. The topological polar surface area (TPSA) is 35.2 Å². The van der Waals surface area contributed by atoms with E-state index >= 15 is 0 Å². The molecule has 1 heterocycles. The van der Waals surface area contributed by atoms with Crippen molar-refractivity contribution in [3.05, 3.63) is 65.7 Å². The summed E-state index contributed by atoms with van der Waals surface area (Å²) in [6.45, 7) is 0. The summed E-state index contributed by atoms with van der Waals surface area (Å²) in [4.78, 5) is 0. The van der Waals surface area contributed by atoms with E-state index in [0.29, 0.717) is 0 Å². The third-order valence-electron chi connectivity index (χ3n) is 3.73. The smallest absolute Gasteiger partial charge is 0.124 e. The second-order valence-corrected chi connectivity index (χ2v) is 5.14. The molecule has 2 atom stereocenters. The zero-order chi connectivity index (χ0) is 13.1. The lowest BCUT2D eigenvalue weighted by molar-refractivity contribution is 0.150. The van der Waals surface area contributed by atoms with E-state index in [9.17, 15) is 0 Å². The van der Waals surface area contributed by atoms with Crippen molar-refractivity contribution in [3.63, 3.8) is 0 Å². The highest BCUT2D eigenvalue weighted by molar-refractivity contribution is 5.37. The van der Waals surface area contributed by atoms with Gasteiger partial charge in [0.25, 0.3) is 0 Å². The van der Waals surface area contributed by atoms with Crippen LogP contribution in [0.4, 0.5) is 0 Å². The van der Waals surface area contributed by atoms with E-state index in [2.05, 4.69) is 30.3 Å². The van der Waals surface area contributed by atoms with Crippen LogP contribution in [0.5, 0.6) is 5.75 Å². The van der Waals surface area contributed by atoms with Gasteiger partial charge in [0.1, 0.15) is 11.9 Å². The fourth-order valence-corrected chi connectivity index (χ4v) is 2.68. The molecule has 2 aromatic carbocycles. The molecule has 2 N–H and O–H groups in total. The summed E-state index contributed by atoms with van der Waals surface area (Å²) >= 11 is 0. The largest absolute Gasteiger partial charge is 0.490 e. The third-order valence-corrected chi connectivity index (χ3v) is 3.73. The van der Waals surface area contributed by atoms with Gasteiger partial charge in [0.05, 0.1) is 0 Å². The molecule has 2 nitrogen and oxygen atoms in total. The van der Waals surface area contributed by atoms with Crippen molar-refractivity contribution in [3.8, 4) is 5.75 Å². The van der Waals surface area contributed by atoms with Crippen molar-refractivity contribution in [1.82, 2.24) is 0 Å². The maximum absolute atomic E-state index is 6.23. The summed E-state index contributed by atoms with van der Waals surface area (Å²) in [6.07, 6.45) is 3.20. The van der Waals surface area contributed by atoms with Gasteiger partial charge in [0, 0.05) is 18.0 Å². The van der Waals surface area contributed by atoms with Crippen LogP contribution in [0.2, 0.25) is 0 Å². The number of benzene rings is 2. The minimum atomic E-state index is 0.103. The van der Waals surface area contributed by atoms with Crippen LogP contribution in [0.1, 0.15) is 30.0 Å². The highest BCUT2D eigenvalue weighted by Gasteiger charge is 2.25. The molecule has 2 heteroatoms. The van der Waals surface area contributed by atoms with Crippen LogP contribution in [0.25, 0.3) is 0 Å². The Bertz CT molecular complexity index is 538. The predicted molar refractivity (Wildman–Crippen MR) is 77.2 cm³/mol. The van der Waals surface area contributed by atoms with E-state index in [1.807, 2.05) is 24.3 Å². The minimum Gasteiger partial charge on any atom is -0.490 e. The number of hydrogen-bond donors (Lipinski definition) is 1. The molecule has 0 bridgehead atoms. The first kappa shape index (κ1) is 12.2. The zero-order valence-corrected chi connectivity index (χ0v) is 11.0. The van der Waals surface area contributed by atoms with Crippen molar-refractivity contribution in [2.75, 3.05) is 0 Å². The van der Waals surface area contributed by atoms with Gasteiger partial charge in [-0.15, -0.1) is 0 Å². The fourth-order valence-electron chi connectivity index (χ4n) is 2.68. The normalized spacial score (nSPS) is 21.5. The molecule has 0 spiro atoms. The summed E-state index contributed by atoms with van der Waals surface area (Å²) < 4.78 is 6.04. The van der Waals surface area contributed by atoms with E-state index in [1.165, 1.54) is 5.56 Å². The molecule has 3 rings (SSSR count). The van der Waals surface area contributed by atoms with Gasteiger partial charge >= 0.3 is 0 Å². The fraction of sp³-hybridized carbons (Fsp3) is 0.294. The van der Waals surface area contributed by atoms with Gasteiger partial charge in [0.2, 0.25) is 0 Å². The predicted octanol–water partition coefficient (Wildman–Crippen LogP) is 3.47. The van der Waals surface area contributed by atoms with Gasteiger partial charge in [-0.1, -0.05) is 48.5 Å². The van der Waals surface area contributed by atoms with Crippen molar-refractivity contribution < 1.29 is 4.74 Å². The molecule has 1 aliphatic heterocycles. The molecule has 0 saturated heterocycles. The molecular formula is C17H19NO. The summed E-state index contributed by atoms with van der Waals surface area (Å²) in [5.74, 6) is 0.958. The first-order valence-corrected chi connectivity index (χ1v) is 6.88. The molecule has 98 valence electrons. The Morgan fingerprint density at radius 1 is 1.00 bits per heavy atom. The zero-order valence-electron chi connectivity index (χ0n) is 11.0. The first-order chi connectivity index (χ1) is 9.33. The summed E-state index contributed by atoms with van der Waals surface area (Å²) in [5, 5.41) is 0. The van der Waals surface area contributed by atoms with E-state index in [-0.39, 0.29) is 12.1 Å². The number of para-hydroxylation sites is 1. The van der Waals surface area contributed by atoms with Gasteiger partial charge in [-0.2, -0.15) is 0 Å². The molecule has 0 amide bonds. The van der Waals surface area contributed by atoms with Gasteiger partial charge in [-0.05, 0) is 24.5 Å². The number of rotatable bonds is 3. The molecule has 1 unspecified atom stereocenters. The van der Waals surface area contributed by atoms with Gasteiger partial charge in [-0.25, -0.2) is 0 Å². The molecular weight excluding hydrogens is 234 g/mol. The Morgan fingerprint density at radius 2 is 1.74 bits per heavy atom. The van der Waals surface area contributed by atoms with Crippen molar-refractivity contribution in [2.24, 2.45) is 5.73 Å². The number of fused-ring (bicyclic) bond motifs is 1.